The zero-order valence-electron chi connectivity index (χ0n) is 9.52. The van der Waals surface area contributed by atoms with Crippen molar-refractivity contribution in [2.24, 2.45) is 0 Å². The van der Waals surface area contributed by atoms with Crippen molar-refractivity contribution in [1.82, 2.24) is 19.9 Å². The summed E-state index contributed by atoms with van der Waals surface area (Å²) in [7, 11) is 0. The number of nitrogen functional groups attached to an aromatic ring is 1. The van der Waals surface area contributed by atoms with E-state index in [2.05, 4.69) is 19.9 Å². The number of nitrogens with two attached hydrogens (primary N) is 1. The molecule has 2 N–H and O–H groups in total. The van der Waals surface area contributed by atoms with E-state index < -0.39 is 0 Å². The van der Waals surface area contributed by atoms with Crippen LogP contribution in [-0.4, -0.2) is 19.9 Å². The van der Waals surface area contributed by atoms with Gasteiger partial charge in [0, 0.05) is 23.7 Å². The normalized spacial score (nSPS) is 10.4. The fourth-order valence-corrected chi connectivity index (χ4v) is 1.26. The van der Waals surface area contributed by atoms with Crippen molar-refractivity contribution >= 4 is 5.82 Å². The first-order valence-corrected chi connectivity index (χ1v) is 4.97. The summed E-state index contributed by atoms with van der Waals surface area (Å²) in [6.07, 6.45) is 3.47. The van der Waals surface area contributed by atoms with Gasteiger partial charge in [0.15, 0.2) is 11.6 Å². The van der Waals surface area contributed by atoms with Crippen molar-refractivity contribution in [3.05, 3.63) is 29.2 Å². The van der Waals surface area contributed by atoms with Gasteiger partial charge in [-0.25, -0.2) is 19.9 Å². The van der Waals surface area contributed by atoms with Crippen molar-refractivity contribution in [1.29, 1.82) is 0 Å². The van der Waals surface area contributed by atoms with E-state index >= 15 is 0 Å². The number of aryl methyl sites for hydroxylation is 2. The van der Waals surface area contributed by atoms with Gasteiger partial charge in [0.25, 0.3) is 0 Å². The summed E-state index contributed by atoms with van der Waals surface area (Å²) in [5, 5.41) is 0. The SMILES string of the molecule is Cc1cnc(-c2nc(C)c(C)c(N)n2)nc1. The second kappa shape index (κ2) is 3.84. The molecule has 2 aromatic heterocycles. The van der Waals surface area contributed by atoms with E-state index in [1.54, 1.807) is 12.4 Å². The molecular weight excluding hydrogens is 202 g/mol. The summed E-state index contributed by atoms with van der Waals surface area (Å²) in [4.78, 5) is 16.8. The molecule has 2 aromatic rings. The monoisotopic (exact) mass is 215 g/mol. The van der Waals surface area contributed by atoms with Crippen LogP contribution < -0.4 is 5.73 Å². The Hall–Kier alpha value is -2.04. The Bertz CT molecular complexity index is 495. The number of hydrogen-bond acceptors (Lipinski definition) is 5. The average molecular weight is 215 g/mol. The molecule has 0 aliphatic heterocycles. The molecule has 0 aliphatic carbocycles. The molecule has 0 amide bonds. The quantitative estimate of drug-likeness (QED) is 0.778. The molecule has 0 aromatic carbocycles. The topological polar surface area (TPSA) is 77.6 Å². The fourth-order valence-electron chi connectivity index (χ4n) is 1.26. The molecule has 0 fully saturated rings. The number of rotatable bonds is 1. The Labute approximate surface area is 93.8 Å². The summed E-state index contributed by atoms with van der Waals surface area (Å²) in [6.45, 7) is 5.72. The zero-order chi connectivity index (χ0) is 11.7. The third-order valence-electron chi connectivity index (χ3n) is 2.41. The van der Waals surface area contributed by atoms with E-state index in [4.69, 9.17) is 5.73 Å². The Morgan fingerprint density at radius 1 is 0.938 bits per heavy atom. The van der Waals surface area contributed by atoms with Crippen LogP contribution in [0.5, 0.6) is 0 Å². The van der Waals surface area contributed by atoms with E-state index in [0.29, 0.717) is 17.5 Å². The Morgan fingerprint density at radius 2 is 1.56 bits per heavy atom. The van der Waals surface area contributed by atoms with E-state index in [-0.39, 0.29) is 0 Å². The Balaban J connectivity index is 2.52. The van der Waals surface area contributed by atoms with Crippen molar-refractivity contribution < 1.29 is 0 Å². The smallest absolute Gasteiger partial charge is 0.199 e. The summed E-state index contributed by atoms with van der Waals surface area (Å²) < 4.78 is 0. The van der Waals surface area contributed by atoms with Crippen molar-refractivity contribution in [2.75, 3.05) is 5.73 Å². The minimum atomic E-state index is 0.473. The van der Waals surface area contributed by atoms with Crippen LogP contribution in [0.25, 0.3) is 11.6 Å². The molecule has 0 atom stereocenters. The van der Waals surface area contributed by atoms with Gasteiger partial charge in [-0.2, -0.15) is 0 Å². The Morgan fingerprint density at radius 3 is 2.12 bits per heavy atom. The van der Waals surface area contributed by atoms with Gasteiger partial charge in [-0.05, 0) is 26.3 Å². The van der Waals surface area contributed by atoms with Crippen LogP contribution in [0.1, 0.15) is 16.8 Å². The summed E-state index contributed by atoms with van der Waals surface area (Å²) in [5.41, 5.74) is 8.53. The van der Waals surface area contributed by atoms with Gasteiger partial charge in [0.1, 0.15) is 5.82 Å². The van der Waals surface area contributed by atoms with Gasteiger partial charge in [-0.1, -0.05) is 0 Å². The summed E-state index contributed by atoms with van der Waals surface area (Å²) >= 11 is 0. The lowest BCUT2D eigenvalue weighted by Gasteiger charge is -2.05. The number of hydrogen-bond donors (Lipinski definition) is 1. The highest BCUT2D eigenvalue weighted by molar-refractivity contribution is 5.51. The molecule has 0 radical (unpaired) electrons. The minimum absolute atomic E-state index is 0.473. The van der Waals surface area contributed by atoms with E-state index in [0.717, 1.165) is 16.8 Å². The van der Waals surface area contributed by atoms with Crippen LogP contribution in [-0.2, 0) is 0 Å². The third kappa shape index (κ3) is 1.84. The number of nitrogens with zero attached hydrogens (tertiary/aromatic N) is 4. The third-order valence-corrected chi connectivity index (χ3v) is 2.41. The maximum absolute atomic E-state index is 5.78. The van der Waals surface area contributed by atoms with Gasteiger partial charge >= 0.3 is 0 Å². The second-order valence-corrected chi connectivity index (χ2v) is 3.73. The van der Waals surface area contributed by atoms with Gasteiger partial charge in [-0.15, -0.1) is 0 Å². The highest BCUT2D eigenvalue weighted by Crippen LogP contribution is 2.16. The van der Waals surface area contributed by atoms with Gasteiger partial charge in [-0.3, -0.25) is 0 Å². The predicted molar refractivity (Wildman–Crippen MR) is 61.7 cm³/mol. The largest absolute Gasteiger partial charge is 0.383 e. The highest BCUT2D eigenvalue weighted by Gasteiger charge is 2.09. The molecule has 0 aliphatic rings. The minimum Gasteiger partial charge on any atom is -0.383 e. The first-order chi connectivity index (χ1) is 7.58. The molecular formula is C11H13N5. The first kappa shape index (κ1) is 10.5. The average Bonchev–Trinajstić information content (AvgIpc) is 2.26. The molecule has 2 rings (SSSR count). The lowest BCUT2D eigenvalue weighted by atomic mass is 10.2. The lowest BCUT2D eigenvalue weighted by Crippen LogP contribution is -2.03. The standard InChI is InChI=1S/C11H13N5/c1-6-4-13-10(14-5-6)11-15-8(3)7(2)9(12)16-11/h4-5H,1-3H3,(H2,12,15,16). The van der Waals surface area contributed by atoms with Crippen molar-refractivity contribution in [3.63, 3.8) is 0 Å². The molecule has 0 saturated heterocycles. The highest BCUT2D eigenvalue weighted by atomic mass is 15.0. The zero-order valence-corrected chi connectivity index (χ0v) is 9.52. The van der Waals surface area contributed by atoms with Gasteiger partial charge in [0.2, 0.25) is 0 Å². The van der Waals surface area contributed by atoms with Crippen molar-refractivity contribution in [2.45, 2.75) is 20.8 Å². The molecule has 82 valence electrons. The van der Waals surface area contributed by atoms with Gasteiger partial charge in [0.05, 0.1) is 0 Å². The van der Waals surface area contributed by atoms with Crippen LogP contribution in [0.15, 0.2) is 12.4 Å². The fraction of sp³-hybridized carbons (Fsp3) is 0.273. The van der Waals surface area contributed by atoms with E-state index in [1.165, 1.54) is 0 Å². The molecule has 0 spiro atoms. The van der Waals surface area contributed by atoms with Crippen LogP contribution in [0.4, 0.5) is 5.82 Å². The van der Waals surface area contributed by atoms with Crippen LogP contribution in [0.2, 0.25) is 0 Å². The molecule has 0 saturated carbocycles. The van der Waals surface area contributed by atoms with Crippen molar-refractivity contribution in [3.8, 4) is 11.6 Å². The maximum Gasteiger partial charge on any atom is 0.199 e. The lowest BCUT2D eigenvalue weighted by molar-refractivity contribution is 1.03. The molecule has 5 heteroatoms. The predicted octanol–water partition coefficient (Wildman–Crippen LogP) is 1.44. The van der Waals surface area contributed by atoms with E-state index in [9.17, 15) is 0 Å². The molecule has 2 heterocycles. The second-order valence-electron chi connectivity index (χ2n) is 3.73. The molecule has 16 heavy (non-hydrogen) atoms. The maximum atomic E-state index is 5.78. The number of anilines is 1. The van der Waals surface area contributed by atoms with Crippen LogP contribution >= 0.6 is 0 Å². The van der Waals surface area contributed by atoms with Gasteiger partial charge < -0.3 is 5.73 Å². The van der Waals surface area contributed by atoms with Crippen LogP contribution in [0, 0.1) is 20.8 Å². The molecule has 0 unspecified atom stereocenters. The Kier molecular flexibility index (Phi) is 2.52. The number of aromatic nitrogens is 4. The first-order valence-electron chi connectivity index (χ1n) is 4.97. The molecule has 5 nitrogen and oxygen atoms in total. The summed E-state index contributed by atoms with van der Waals surface area (Å²) in [6, 6.07) is 0. The van der Waals surface area contributed by atoms with E-state index in [1.807, 2.05) is 20.8 Å². The summed E-state index contributed by atoms with van der Waals surface area (Å²) in [5.74, 6) is 1.45. The van der Waals surface area contributed by atoms with Crippen LogP contribution in [0.3, 0.4) is 0 Å². The molecule has 0 bridgehead atoms.